The zero-order chi connectivity index (χ0) is 15.2. The third kappa shape index (κ3) is 3.95. The molecule has 0 aliphatic heterocycles. The number of carbonyl (C=O) groups excluding carboxylic acids is 1. The van der Waals surface area contributed by atoms with Crippen molar-refractivity contribution in [2.45, 2.75) is 19.9 Å². The van der Waals surface area contributed by atoms with Crippen molar-refractivity contribution in [2.24, 2.45) is 0 Å². The van der Waals surface area contributed by atoms with E-state index in [9.17, 15) is 9.59 Å². The molecule has 0 bridgehead atoms. The third-order valence-electron chi connectivity index (χ3n) is 3.09. The summed E-state index contributed by atoms with van der Waals surface area (Å²) in [7, 11) is 0. The number of nitrogens with zero attached hydrogens (tertiary/aromatic N) is 2. The van der Waals surface area contributed by atoms with Gasteiger partial charge in [-0.1, -0.05) is 12.1 Å². The van der Waals surface area contributed by atoms with Gasteiger partial charge in [0.25, 0.3) is 0 Å². The molecular weight excluding hydrogens is 272 g/mol. The Balaban J connectivity index is 1.84. The Morgan fingerprint density at radius 2 is 1.95 bits per heavy atom. The predicted octanol–water partition coefficient (Wildman–Crippen LogP) is 1.12. The molecule has 0 aliphatic carbocycles. The van der Waals surface area contributed by atoms with Crippen LogP contribution in [-0.4, -0.2) is 39.7 Å². The highest BCUT2D eigenvalue weighted by atomic mass is 16.4. The number of nitrogens with one attached hydrogen (secondary N) is 2. The number of aromatic nitrogens is 2. The van der Waals surface area contributed by atoms with Crippen molar-refractivity contribution in [1.29, 1.82) is 0 Å². The standard InChI is InChI=1S/C14H18N4O3/c1-10-17-11-4-2-3-5-12(11)18(10)9-8-16-14(21)15-7-6-13(19)20/h2-5H,6-9H2,1H3,(H,19,20)(H2,15,16,21). The van der Waals surface area contributed by atoms with Crippen LogP contribution < -0.4 is 10.6 Å². The number of hydrogen-bond donors (Lipinski definition) is 3. The van der Waals surface area contributed by atoms with Gasteiger partial charge in [0.2, 0.25) is 0 Å². The first-order valence-electron chi connectivity index (χ1n) is 6.73. The summed E-state index contributed by atoms with van der Waals surface area (Å²) in [4.78, 5) is 26.2. The van der Waals surface area contributed by atoms with Crippen molar-refractivity contribution < 1.29 is 14.7 Å². The molecule has 7 heteroatoms. The van der Waals surface area contributed by atoms with E-state index in [1.165, 1.54) is 0 Å². The normalized spacial score (nSPS) is 10.5. The zero-order valence-electron chi connectivity index (χ0n) is 11.8. The quantitative estimate of drug-likeness (QED) is 0.742. The molecule has 2 rings (SSSR count). The highest BCUT2D eigenvalue weighted by molar-refractivity contribution is 5.76. The number of urea groups is 1. The summed E-state index contributed by atoms with van der Waals surface area (Å²) < 4.78 is 2.03. The Kier molecular flexibility index (Phi) is 4.76. The summed E-state index contributed by atoms with van der Waals surface area (Å²) in [6, 6.07) is 7.46. The van der Waals surface area contributed by atoms with E-state index in [-0.39, 0.29) is 19.0 Å². The van der Waals surface area contributed by atoms with Gasteiger partial charge in [0, 0.05) is 19.6 Å². The molecule has 3 N–H and O–H groups in total. The monoisotopic (exact) mass is 290 g/mol. The summed E-state index contributed by atoms with van der Waals surface area (Å²) in [5.74, 6) is -0.0416. The molecule has 0 atom stereocenters. The van der Waals surface area contributed by atoms with Crippen molar-refractivity contribution in [3.63, 3.8) is 0 Å². The predicted molar refractivity (Wildman–Crippen MR) is 78.1 cm³/mol. The number of carbonyl (C=O) groups is 2. The molecule has 1 aromatic carbocycles. The Hall–Kier alpha value is -2.57. The van der Waals surface area contributed by atoms with Crippen LogP contribution in [0.4, 0.5) is 4.79 Å². The molecule has 21 heavy (non-hydrogen) atoms. The van der Waals surface area contributed by atoms with Crippen molar-refractivity contribution in [1.82, 2.24) is 20.2 Å². The fourth-order valence-corrected chi connectivity index (χ4v) is 2.10. The minimum absolute atomic E-state index is 0.0846. The number of imidazole rings is 1. The Morgan fingerprint density at radius 1 is 1.24 bits per heavy atom. The number of fused-ring (bicyclic) bond motifs is 1. The van der Waals surface area contributed by atoms with E-state index in [1.807, 2.05) is 35.8 Å². The zero-order valence-corrected chi connectivity index (χ0v) is 11.8. The average Bonchev–Trinajstić information content (AvgIpc) is 2.75. The SMILES string of the molecule is Cc1nc2ccccc2n1CCNC(=O)NCCC(=O)O. The molecule has 0 aliphatic rings. The maximum atomic E-state index is 11.5. The van der Waals surface area contributed by atoms with Crippen molar-refractivity contribution in [2.75, 3.05) is 13.1 Å². The van der Waals surface area contributed by atoms with E-state index in [1.54, 1.807) is 0 Å². The molecule has 0 unspecified atom stereocenters. The number of para-hydroxylation sites is 2. The van der Waals surface area contributed by atoms with Gasteiger partial charge >= 0.3 is 12.0 Å². The van der Waals surface area contributed by atoms with Crippen molar-refractivity contribution in [3.8, 4) is 0 Å². The molecule has 0 spiro atoms. The first kappa shape index (κ1) is 14.8. The smallest absolute Gasteiger partial charge is 0.314 e. The molecule has 0 radical (unpaired) electrons. The van der Waals surface area contributed by atoms with Gasteiger partial charge in [0.15, 0.2) is 0 Å². The minimum atomic E-state index is -0.934. The lowest BCUT2D eigenvalue weighted by molar-refractivity contribution is -0.136. The van der Waals surface area contributed by atoms with Gasteiger partial charge in [-0.3, -0.25) is 4.79 Å². The van der Waals surface area contributed by atoms with Crippen LogP contribution in [0.15, 0.2) is 24.3 Å². The van der Waals surface area contributed by atoms with Crippen LogP contribution in [0.3, 0.4) is 0 Å². The summed E-state index contributed by atoms with van der Waals surface area (Å²) in [5.41, 5.74) is 1.96. The van der Waals surface area contributed by atoms with Gasteiger partial charge in [-0.25, -0.2) is 9.78 Å². The third-order valence-corrected chi connectivity index (χ3v) is 3.09. The molecule has 112 valence electrons. The molecule has 0 saturated carbocycles. The molecule has 7 nitrogen and oxygen atoms in total. The van der Waals surface area contributed by atoms with Crippen LogP contribution in [0.25, 0.3) is 11.0 Å². The van der Waals surface area contributed by atoms with Gasteiger partial charge in [0.1, 0.15) is 5.82 Å². The summed E-state index contributed by atoms with van der Waals surface area (Å²) in [6.45, 7) is 3.10. The van der Waals surface area contributed by atoms with Crippen molar-refractivity contribution >= 4 is 23.0 Å². The van der Waals surface area contributed by atoms with E-state index in [2.05, 4.69) is 15.6 Å². The van der Waals surface area contributed by atoms with Crippen LogP contribution in [0, 0.1) is 6.92 Å². The number of rotatable bonds is 6. The average molecular weight is 290 g/mol. The first-order chi connectivity index (χ1) is 10.1. The van der Waals surface area contributed by atoms with Crippen LogP contribution in [0.2, 0.25) is 0 Å². The van der Waals surface area contributed by atoms with Gasteiger partial charge in [0.05, 0.1) is 17.5 Å². The second-order valence-corrected chi connectivity index (χ2v) is 4.63. The highest BCUT2D eigenvalue weighted by Crippen LogP contribution is 2.14. The molecular formula is C14H18N4O3. The molecule has 2 aromatic rings. The second kappa shape index (κ2) is 6.74. The van der Waals surface area contributed by atoms with Crippen LogP contribution in [0.1, 0.15) is 12.2 Å². The summed E-state index contributed by atoms with van der Waals surface area (Å²) in [6.07, 6.45) is -0.0846. The second-order valence-electron chi connectivity index (χ2n) is 4.63. The fraction of sp³-hybridized carbons (Fsp3) is 0.357. The van der Waals surface area contributed by atoms with E-state index in [4.69, 9.17) is 5.11 Å². The maximum Gasteiger partial charge on any atom is 0.314 e. The topological polar surface area (TPSA) is 96.3 Å². The Labute approximate surface area is 122 Å². The van der Waals surface area contributed by atoms with Gasteiger partial charge < -0.3 is 20.3 Å². The number of amides is 2. The number of carboxylic acids is 1. The van der Waals surface area contributed by atoms with Crippen LogP contribution in [-0.2, 0) is 11.3 Å². The number of aryl methyl sites for hydroxylation is 1. The molecule has 1 aromatic heterocycles. The number of benzene rings is 1. The summed E-state index contributed by atoms with van der Waals surface area (Å²) in [5, 5.41) is 13.7. The number of aliphatic carboxylic acids is 1. The Morgan fingerprint density at radius 3 is 2.71 bits per heavy atom. The van der Waals surface area contributed by atoms with E-state index < -0.39 is 5.97 Å². The first-order valence-corrected chi connectivity index (χ1v) is 6.73. The van der Waals surface area contributed by atoms with Gasteiger partial charge in [-0.2, -0.15) is 0 Å². The van der Waals surface area contributed by atoms with Crippen LogP contribution in [0.5, 0.6) is 0 Å². The molecule has 1 heterocycles. The number of hydrogen-bond acceptors (Lipinski definition) is 3. The van der Waals surface area contributed by atoms with E-state index in [0.29, 0.717) is 13.1 Å². The van der Waals surface area contributed by atoms with Crippen LogP contribution >= 0.6 is 0 Å². The van der Waals surface area contributed by atoms with E-state index >= 15 is 0 Å². The fourth-order valence-electron chi connectivity index (χ4n) is 2.10. The lowest BCUT2D eigenvalue weighted by Gasteiger charge is -2.09. The Bertz CT molecular complexity index is 651. The van der Waals surface area contributed by atoms with Gasteiger partial charge in [-0.05, 0) is 19.1 Å². The van der Waals surface area contributed by atoms with E-state index in [0.717, 1.165) is 16.9 Å². The molecule has 0 saturated heterocycles. The molecule has 2 amide bonds. The minimum Gasteiger partial charge on any atom is -0.481 e. The maximum absolute atomic E-state index is 11.5. The largest absolute Gasteiger partial charge is 0.481 e. The molecule has 0 fully saturated rings. The lowest BCUT2D eigenvalue weighted by Crippen LogP contribution is -2.38. The van der Waals surface area contributed by atoms with Crippen molar-refractivity contribution in [3.05, 3.63) is 30.1 Å². The number of carboxylic acid groups (broad SMARTS) is 1. The van der Waals surface area contributed by atoms with Gasteiger partial charge in [-0.15, -0.1) is 0 Å². The highest BCUT2D eigenvalue weighted by Gasteiger charge is 2.07. The lowest BCUT2D eigenvalue weighted by atomic mass is 10.3. The summed E-state index contributed by atoms with van der Waals surface area (Å²) >= 11 is 0.